The van der Waals surface area contributed by atoms with Gasteiger partial charge in [0.05, 0.1) is 11.4 Å². The molecule has 0 fully saturated rings. The molecule has 2 aromatic heterocycles. The fourth-order valence-corrected chi connectivity index (χ4v) is 7.49. The van der Waals surface area contributed by atoms with Gasteiger partial charge in [-0.2, -0.15) is 0 Å². The summed E-state index contributed by atoms with van der Waals surface area (Å²) in [6, 6.07) is 67.9. The molecular weight excluding hydrogens is 645 g/mol. The lowest BCUT2D eigenvalue weighted by Crippen LogP contribution is -1.96. The van der Waals surface area contributed by atoms with Gasteiger partial charge in [0.25, 0.3) is 0 Å². The van der Waals surface area contributed by atoms with Crippen LogP contribution in [0.2, 0.25) is 0 Å². The first-order valence-electron chi connectivity index (χ1n) is 17.9. The maximum Gasteiger partial charge on any atom is 0.160 e. The standard InChI is InChI=1S/C50H32N2O/c1-5-15-33(16-6-1)38-29-39(31-40(30-38)46-32-45(36-20-9-3-10-21-36)51-50(52-46)37-22-11-4-12-23-37)41-27-28-43(34-17-7-2-8-18-34)49-47(41)44-26-25-35-19-13-14-24-42(35)48(44)53-49/h1-32H. The molecule has 0 aliphatic carbocycles. The van der Waals surface area contributed by atoms with Gasteiger partial charge >= 0.3 is 0 Å². The first kappa shape index (κ1) is 30.7. The molecule has 0 amide bonds. The summed E-state index contributed by atoms with van der Waals surface area (Å²) in [5.74, 6) is 0.691. The predicted octanol–water partition coefficient (Wildman–Crippen LogP) is 13.5. The number of hydrogen-bond donors (Lipinski definition) is 0. The minimum absolute atomic E-state index is 0.691. The van der Waals surface area contributed by atoms with Gasteiger partial charge in [-0.05, 0) is 69.6 Å². The van der Waals surface area contributed by atoms with E-state index < -0.39 is 0 Å². The van der Waals surface area contributed by atoms with Crippen molar-refractivity contribution in [3.8, 4) is 67.3 Å². The van der Waals surface area contributed by atoms with Crippen LogP contribution in [0.1, 0.15) is 0 Å². The van der Waals surface area contributed by atoms with E-state index in [1.54, 1.807) is 0 Å². The number of benzene rings is 8. The summed E-state index contributed by atoms with van der Waals surface area (Å²) in [6.45, 7) is 0. The second-order valence-electron chi connectivity index (χ2n) is 13.4. The van der Waals surface area contributed by atoms with E-state index in [1.165, 1.54) is 0 Å². The van der Waals surface area contributed by atoms with Gasteiger partial charge in [-0.15, -0.1) is 0 Å². The minimum atomic E-state index is 0.691. The molecule has 0 unspecified atom stereocenters. The number of furan rings is 1. The Kier molecular flexibility index (Phi) is 7.47. The second-order valence-corrected chi connectivity index (χ2v) is 13.4. The van der Waals surface area contributed by atoms with E-state index >= 15 is 0 Å². The van der Waals surface area contributed by atoms with Crippen LogP contribution in [0.25, 0.3) is 100.0 Å². The predicted molar refractivity (Wildman–Crippen MR) is 219 cm³/mol. The van der Waals surface area contributed by atoms with Crippen molar-refractivity contribution in [1.29, 1.82) is 0 Å². The van der Waals surface area contributed by atoms with E-state index in [1.807, 2.05) is 24.3 Å². The smallest absolute Gasteiger partial charge is 0.160 e. The molecule has 0 atom stereocenters. The number of hydrogen-bond acceptors (Lipinski definition) is 3. The zero-order valence-electron chi connectivity index (χ0n) is 28.8. The monoisotopic (exact) mass is 676 g/mol. The molecule has 0 radical (unpaired) electrons. The molecule has 8 aromatic carbocycles. The van der Waals surface area contributed by atoms with E-state index in [2.05, 4.69) is 170 Å². The molecule has 248 valence electrons. The topological polar surface area (TPSA) is 38.9 Å². The number of rotatable bonds is 6. The highest BCUT2D eigenvalue weighted by Gasteiger charge is 2.20. The van der Waals surface area contributed by atoms with E-state index in [0.717, 1.165) is 94.2 Å². The Bertz CT molecular complexity index is 2860. The zero-order chi connectivity index (χ0) is 35.1. The molecule has 0 saturated heterocycles. The van der Waals surface area contributed by atoms with E-state index in [-0.39, 0.29) is 0 Å². The van der Waals surface area contributed by atoms with Crippen LogP contribution in [-0.4, -0.2) is 9.97 Å². The van der Waals surface area contributed by atoms with Crippen LogP contribution in [0.5, 0.6) is 0 Å². The van der Waals surface area contributed by atoms with Crippen molar-refractivity contribution in [2.45, 2.75) is 0 Å². The summed E-state index contributed by atoms with van der Waals surface area (Å²) in [6.07, 6.45) is 0. The molecule has 0 N–H and O–H groups in total. The Morgan fingerprint density at radius 2 is 0.868 bits per heavy atom. The summed E-state index contributed by atoms with van der Waals surface area (Å²) in [7, 11) is 0. The van der Waals surface area contributed by atoms with Crippen molar-refractivity contribution in [3.05, 3.63) is 194 Å². The molecule has 0 bridgehead atoms. The van der Waals surface area contributed by atoms with Crippen molar-refractivity contribution < 1.29 is 4.42 Å². The van der Waals surface area contributed by atoms with Crippen molar-refractivity contribution in [3.63, 3.8) is 0 Å². The van der Waals surface area contributed by atoms with Crippen LogP contribution in [0.4, 0.5) is 0 Å². The summed E-state index contributed by atoms with van der Waals surface area (Å²) in [4.78, 5) is 10.3. The van der Waals surface area contributed by atoms with Gasteiger partial charge in [0, 0.05) is 38.4 Å². The lowest BCUT2D eigenvalue weighted by atomic mass is 9.90. The third-order valence-corrected chi connectivity index (χ3v) is 10.1. The lowest BCUT2D eigenvalue weighted by molar-refractivity contribution is 0.674. The van der Waals surface area contributed by atoms with Gasteiger partial charge in [0.15, 0.2) is 5.82 Å². The van der Waals surface area contributed by atoms with Crippen LogP contribution in [0.3, 0.4) is 0 Å². The largest absolute Gasteiger partial charge is 0.455 e. The maximum atomic E-state index is 6.95. The van der Waals surface area contributed by atoms with E-state index in [0.29, 0.717) is 5.82 Å². The molecule has 0 aliphatic heterocycles. The summed E-state index contributed by atoms with van der Waals surface area (Å²) in [5, 5.41) is 4.45. The fourth-order valence-electron chi connectivity index (χ4n) is 7.49. The molecule has 10 aromatic rings. The van der Waals surface area contributed by atoms with Crippen molar-refractivity contribution in [2.75, 3.05) is 0 Å². The van der Waals surface area contributed by atoms with Crippen LogP contribution in [0, 0.1) is 0 Å². The molecule has 0 aliphatic rings. The van der Waals surface area contributed by atoms with Gasteiger partial charge in [-0.25, -0.2) is 9.97 Å². The van der Waals surface area contributed by atoms with E-state index in [9.17, 15) is 0 Å². The SMILES string of the molecule is c1ccc(-c2cc(-c3cc(-c4ccccc4)nc(-c4ccccc4)n3)cc(-c3ccc(-c4ccccc4)c4oc5c6ccccc6ccc5c34)c2)cc1. The zero-order valence-corrected chi connectivity index (χ0v) is 28.8. The van der Waals surface area contributed by atoms with Gasteiger partial charge in [0.1, 0.15) is 11.2 Å². The Balaban J connectivity index is 1.26. The van der Waals surface area contributed by atoms with Crippen molar-refractivity contribution in [1.82, 2.24) is 9.97 Å². The van der Waals surface area contributed by atoms with Gasteiger partial charge in [-0.1, -0.05) is 158 Å². The number of nitrogens with zero attached hydrogens (tertiary/aromatic N) is 2. The summed E-state index contributed by atoms with van der Waals surface area (Å²) >= 11 is 0. The average molecular weight is 677 g/mol. The number of aromatic nitrogens is 2. The highest BCUT2D eigenvalue weighted by Crippen LogP contribution is 2.45. The fraction of sp³-hybridized carbons (Fsp3) is 0. The highest BCUT2D eigenvalue weighted by molar-refractivity contribution is 6.21. The first-order chi connectivity index (χ1) is 26.3. The van der Waals surface area contributed by atoms with Crippen LogP contribution in [0.15, 0.2) is 199 Å². The minimum Gasteiger partial charge on any atom is -0.455 e. The Labute approximate surface area is 307 Å². The molecule has 2 heterocycles. The van der Waals surface area contributed by atoms with Crippen LogP contribution >= 0.6 is 0 Å². The van der Waals surface area contributed by atoms with Crippen LogP contribution in [-0.2, 0) is 0 Å². The van der Waals surface area contributed by atoms with Gasteiger partial charge in [-0.3, -0.25) is 0 Å². The Hall–Kier alpha value is -7.10. The molecular formula is C50H32N2O. The Morgan fingerprint density at radius 3 is 1.58 bits per heavy atom. The van der Waals surface area contributed by atoms with Crippen LogP contribution < -0.4 is 0 Å². The van der Waals surface area contributed by atoms with Crippen molar-refractivity contribution >= 4 is 32.7 Å². The quantitative estimate of drug-likeness (QED) is 0.176. The summed E-state index contributed by atoms with van der Waals surface area (Å²) < 4.78 is 6.95. The van der Waals surface area contributed by atoms with Gasteiger partial charge < -0.3 is 4.42 Å². The normalized spacial score (nSPS) is 11.4. The molecule has 10 rings (SSSR count). The second kappa shape index (κ2) is 12.9. The highest BCUT2D eigenvalue weighted by atomic mass is 16.3. The number of fused-ring (bicyclic) bond motifs is 5. The molecule has 0 spiro atoms. The van der Waals surface area contributed by atoms with Crippen molar-refractivity contribution in [2.24, 2.45) is 0 Å². The van der Waals surface area contributed by atoms with Gasteiger partial charge in [0.2, 0.25) is 0 Å². The first-order valence-corrected chi connectivity index (χ1v) is 17.9. The third kappa shape index (κ3) is 5.56. The lowest BCUT2D eigenvalue weighted by Gasteiger charge is -2.14. The Morgan fingerprint density at radius 1 is 0.321 bits per heavy atom. The molecule has 3 heteroatoms. The molecule has 3 nitrogen and oxygen atoms in total. The summed E-state index contributed by atoms with van der Waals surface area (Å²) in [5.41, 5.74) is 13.2. The molecule has 53 heavy (non-hydrogen) atoms. The molecule has 0 saturated carbocycles. The average Bonchev–Trinajstić information content (AvgIpc) is 3.65. The maximum absolute atomic E-state index is 6.95. The van der Waals surface area contributed by atoms with E-state index in [4.69, 9.17) is 14.4 Å². The third-order valence-electron chi connectivity index (χ3n) is 10.1.